The van der Waals surface area contributed by atoms with E-state index in [0.717, 1.165) is 5.06 Å². The van der Waals surface area contributed by atoms with E-state index in [0.29, 0.717) is 6.61 Å². The minimum atomic E-state index is -0.777. The van der Waals surface area contributed by atoms with Crippen LogP contribution in [-0.2, 0) is 19.0 Å². The van der Waals surface area contributed by atoms with E-state index < -0.39 is 23.9 Å². The molecule has 0 spiro atoms. The van der Waals surface area contributed by atoms with Crippen LogP contribution in [0, 0.1) is 5.92 Å². The highest BCUT2D eigenvalue weighted by atomic mass is 16.8. The molecule has 0 aromatic rings. The highest BCUT2D eigenvalue weighted by molar-refractivity contribution is 5.75. The summed E-state index contributed by atoms with van der Waals surface area (Å²) in [6, 6.07) is -0.336. The van der Waals surface area contributed by atoms with Crippen molar-refractivity contribution in [1.29, 1.82) is 0 Å². The number of carbonyl (C=O) groups is 1. The third kappa shape index (κ3) is 4.03. The van der Waals surface area contributed by atoms with Gasteiger partial charge in [0, 0.05) is 7.05 Å². The zero-order valence-electron chi connectivity index (χ0n) is 13.7. The summed E-state index contributed by atoms with van der Waals surface area (Å²) in [4.78, 5) is 11.9. The molecule has 6 heteroatoms. The molecule has 4 atom stereocenters. The summed E-state index contributed by atoms with van der Waals surface area (Å²) in [6.07, 6.45) is 2.64. The first-order valence-corrected chi connectivity index (χ1v) is 7.48. The molecule has 21 heavy (non-hydrogen) atoms. The van der Waals surface area contributed by atoms with Gasteiger partial charge in [0.05, 0.1) is 12.6 Å². The van der Waals surface area contributed by atoms with Crippen LogP contribution in [0.15, 0.2) is 12.2 Å². The molecule has 1 N–H and O–H groups in total. The maximum absolute atomic E-state index is 11.9. The van der Waals surface area contributed by atoms with E-state index in [2.05, 4.69) is 0 Å². The fourth-order valence-electron chi connectivity index (χ4n) is 2.60. The van der Waals surface area contributed by atoms with E-state index in [1.807, 2.05) is 13.8 Å². The molecule has 0 bridgehead atoms. The van der Waals surface area contributed by atoms with E-state index in [-0.39, 0.29) is 12.0 Å². The molecule has 0 aromatic carbocycles. The van der Waals surface area contributed by atoms with Gasteiger partial charge in [-0.2, -0.15) is 5.06 Å². The number of ether oxygens (including phenoxy) is 3. The Morgan fingerprint density at radius 1 is 1.29 bits per heavy atom. The van der Waals surface area contributed by atoms with Crippen LogP contribution >= 0.6 is 0 Å². The minimum absolute atomic E-state index is 0.325. The molecule has 1 aliphatic carbocycles. The number of esters is 1. The summed E-state index contributed by atoms with van der Waals surface area (Å²) in [6.45, 7) is 9.68. The molecule has 0 amide bonds. The van der Waals surface area contributed by atoms with Crippen molar-refractivity contribution < 1.29 is 24.2 Å². The van der Waals surface area contributed by atoms with Crippen molar-refractivity contribution in [3.63, 3.8) is 0 Å². The van der Waals surface area contributed by atoms with Gasteiger partial charge in [-0.1, -0.05) is 26.0 Å². The van der Waals surface area contributed by atoms with Crippen molar-refractivity contribution in [2.45, 2.75) is 58.7 Å². The second kappa shape index (κ2) is 7.35. The largest absolute Gasteiger partial charge is 0.465 e. The number of carbonyl (C=O) groups excluding carboxylic acids is 1. The van der Waals surface area contributed by atoms with Crippen LogP contribution in [0.25, 0.3) is 0 Å². The van der Waals surface area contributed by atoms with E-state index in [1.54, 1.807) is 40.0 Å². The van der Waals surface area contributed by atoms with Crippen LogP contribution < -0.4 is 0 Å². The second-order valence-electron chi connectivity index (χ2n) is 5.29. The van der Waals surface area contributed by atoms with Gasteiger partial charge in [-0.25, -0.2) is 0 Å². The minimum Gasteiger partial charge on any atom is -0.465 e. The lowest BCUT2D eigenvalue weighted by Crippen LogP contribution is -2.50. The zero-order chi connectivity index (χ0) is 16.2. The van der Waals surface area contributed by atoms with Crippen molar-refractivity contribution in [1.82, 2.24) is 5.06 Å². The van der Waals surface area contributed by atoms with Gasteiger partial charge in [-0.15, -0.1) is 0 Å². The highest BCUT2D eigenvalue weighted by Gasteiger charge is 2.52. The summed E-state index contributed by atoms with van der Waals surface area (Å²) in [5.41, 5.74) is 0. The molecule has 0 saturated carbocycles. The lowest BCUT2D eigenvalue weighted by molar-refractivity contribution is -0.167. The van der Waals surface area contributed by atoms with Gasteiger partial charge in [-0.3, -0.25) is 4.79 Å². The quantitative estimate of drug-likeness (QED) is 0.488. The third-order valence-electron chi connectivity index (χ3n) is 3.36. The van der Waals surface area contributed by atoms with E-state index in [9.17, 15) is 10.0 Å². The predicted octanol–water partition coefficient (Wildman–Crippen LogP) is 1.97. The van der Waals surface area contributed by atoms with Gasteiger partial charge < -0.3 is 19.4 Å². The first-order chi connectivity index (χ1) is 9.85. The smallest absolute Gasteiger partial charge is 0.315 e. The average Bonchev–Trinajstić information content (AvgIpc) is 2.74. The summed E-state index contributed by atoms with van der Waals surface area (Å²) < 4.78 is 16.7. The highest BCUT2D eigenvalue weighted by Crippen LogP contribution is 2.38. The topological polar surface area (TPSA) is 68.2 Å². The molecule has 1 fully saturated rings. The van der Waals surface area contributed by atoms with Crippen LogP contribution in [0.3, 0.4) is 0 Å². The maximum Gasteiger partial charge on any atom is 0.315 e. The van der Waals surface area contributed by atoms with Gasteiger partial charge in [-0.05, 0) is 20.8 Å². The van der Waals surface area contributed by atoms with Crippen LogP contribution in [0.5, 0.6) is 0 Å². The van der Waals surface area contributed by atoms with E-state index >= 15 is 0 Å². The zero-order valence-corrected chi connectivity index (χ0v) is 13.7. The van der Waals surface area contributed by atoms with Crippen molar-refractivity contribution in [3.05, 3.63) is 12.2 Å². The number of hydrogen-bond donors (Lipinski definition) is 1. The number of likely N-dealkylation sites (N-methyl/N-ethyl adjacent to an activating group) is 1. The van der Waals surface area contributed by atoms with Crippen LogP contribution in [0.1, 0.15) is 34.6 Å². The molecular formula is C15H27NO5. The molecule has 0 aromatic heterocycles. The summed E-state index contributed by atoms with van der Waals surface area (Å²) in [5, 5.41) is 10.7. The SMILES string of the molecule is CC.CCOC(=O)C1C=CC(N(C)O)C2OC(C)(C)OC12. The van der Waals surface area contributed by atoms with Gasteiger partial charge in [0.2, 0.25) is 0 Å². The Bertz CT molecular complexity index is 380. The maximum atomic E-state index is 11.9. The first kappa shape index (κ1) is 18.1. The molecule has 1 saturated heterocycles. The van der Waals surface area contributed by atoms with Gasteiger partial charge in [0.25, 0.3) is 0 Å². The lowest BCUT2D eigenvalue weighted by Gasteiger charge is -2.33. The fourth-order valence-corrected chi connectivity index (χ4v) is 2.60. The van der Waals surface area contributed by atoms with Gasteiger partial charge >= 0.3 is 5.97 Å². The average molecular weight is 301 g/mol. The summed E-state index contributed by atoms with van der Waals surface area (Å²) in [7, 11) is 1.55. The molecule has 2 aliphatic rings. The Kier molecular flexibility index (Phi) is 6.34. The number of hydroxylamine groups is 2. The molecule has 2 rings (SSSR count). The van der Waals surface area contributed by atoms with Crippen molar-refractivity contribution in [3.8, 4) is 0 Å². The van der Waals surface area contributed by atoms with Gasteiger partial charge in [0.1, 0.15) is 18.1 Å². The fraction of sp³-hybridized carbons (Fsp3) is 0.800. The molecule has 122 valence electrons. The molecule has 6 nitrogen and oxygen atoms in total. The van der Waals surface area contributed by atoms with Crippen LogP contribution in [0.4, 0.5) is 0 Å². The second-order valence-corrected chi connectivity index (χ2v) is 5.29. The summed E-state index contributed by atoms with van der Waals surface area (Å²) >= 11 is 0. The Morgan fingerprint density at radius 3 is 2.38 bits per heavy atom. The number of nitrogens with zero attached hydrogens (tertiary/aromatic N) is 1. The normalized spacial score (nSPS) is 33.1. The molecular weight excluding hydrogens is 274 g/mol. The van der Waals surface area contributed by atoms with Gasteiger partial charge in [0.15, 0.2) is 5.79 Å². The number of rotatable bonds is 3. The van der Waals surface area contributed by atoms with Crippen molar-refractivity contribution >= 4 is 5.97 Å². The van der Waals surface area contributed by atoms with E-state index in [4.69, 9.17) is 14.2 Å². The lowest BCUT2D eigenvalue weighted by atomic mass is 9.87. The van der Waals surface area contributed by atoms with Crippen LogP contribution in [0.2, 0.25) is 0 Å². The third-order valence-corrected chi connectivity index (χ3v) is 3.36. The molecule has 4 unspecified atom stereocenters. The Balaban J connectivity index is 0.00000106. The Hall–Kier alpha value is -0.950. The van der Waals surface area contributed by atoms with Crippen molar-refractivity contribution in [2.24, 2.45) is 5.92 Å². The van der Waals surface area contributed by atoms with E-state index in [1.165, 1.54) is 0 Å². The Morgan fingerprint density at radius 2 is 1.86 bits per heavy atom. The van der Waals surface area contributed by atoms with Crippen molar-refractivity contribution in [2.75, 3.05) is 13.7 Å². The predicted molar refractivity (Wildman–Crippen MR) is 77.8 cm³/mol. The molecule has 0 radical (unpaired) electrons. The monoisotopic (exact) mass is 301 g/mol. The molecule has 1 heterocycles. The van der Waals surface area contributed by atoms with Crippen LogP contribution in [-0.4, -0.2) is 53.9 Å². The number of hydrogen-bond acceptors (Lipinski definition) is 6. The Labute approximate surface area is 126 Å². The summed E-state index contributed by atoms with van der Waals surface area (Å²) in [5.74, 6) is -1.60. The first-order valence-electron chi connectivity index (χ1n) is 7.48. The molecule has 1 aliphatic heterocycles. The number of fused-ring (bicyclic) bond motifs is 1. The standard InChI is InChI=1S/C13H21NO5.C2H6/c1-5-17-12(15)8-6-7-9(14(4)16)11-10(8)18-13(2,3)19-11;1-2/h6-11,16H,5H2,1-4H3;1-2H3.